The van der Waals surface area contributed by atoms with Crippen LogP contribution in [0.4, 0.5) is 0 Å². The number of furan rings is 1. The van der Waals surface area contributed by atoms with E-state index in [2.05, 4.69) is 15.1 Å². The Labute approximate surface area is 143 Å². The average molecular weight is 335 g/mol. The monoisotopic (exact) mass is 335 g/mol. The van der Waals surface area contributed by atoms with E-state index in [0.717, 1.165) is 57.9 Å². The van der Waals surface area contributed by atoms with Gasteiger partial charge in [0.1, 0.15) is 5.76 Å². The number of likely N-dealkylation sites (tertiary alicyclic amines) is 2. The van der Waals surface area contributed by atoms with Gasteiger partial charge in [-0.05, 0) is 63.4 Å². The number of rotatable bonds is 7. The molecule has 24 heavy (non-hydrogen) atoms. The first-order chi connectivity index (χ1) is 11.7. The number of amides is 1. The quantitative estimate of drug-likeness (QED) is 0.786. The molecule has 2 N–H and O–H groups in total. The molecule has 1 aromatic heterocycles. The summed E-state index contributed by atoms with van der Waals surface area (Å²) >= 11 is 0. The van der Waals surface area contributed by atoms with Crippen LogP contribution >= 0.6 is 0 Å². The van der Waals surface area contributed by atoms with Crippen LogP contribution < -0.4 is 5.32 Å². The van der Waals surface area contributed by atoms with Gasteiger partial charge in [0.05, 0.1) is 6.54 Å². The zero-order valence-electron chi connectivity index (χ0n) is 14.4. The fourth-order valence-corrected chi connectivity index (χ4v) is 3.66. The van der Waals surface area contributed by atoms with E-state index in [0.29, 0.717) is 18.2 Å². The smallest absolute Gasteiger partial charge is 0.287 e. The first kappa shape index (κ1) is 17.5. The maximum atomic E-state index is 12.2. The zero-order valence-corrected chi connectivity index (χ0v) is 14.4. The van der Waals surface area contributed by atoms with Crippen molar-refractivity contribution in [1.29, 1.82) is 0 Å². The van der Waals surface area contributed by atoms with Gasteiger partial charge in [0.25, 0.3) is 5.91 Å². The summed E-state index contributed by atoms with van der Waals surface area (Å²) < 4.78 is 5.68. The first-order valence-electron chi connectivity index (χ1n) is 9.17. The molecule has 3 rings (SSSR count). The standard InChI is InChI=1S/C18H29N3O3/c22-14-15-4-3-10-21(12-15)11-7-19-18(23)17-6-5-16(24-17)13-20-8-1-2-9-20/h5-6,15,22H,1-4,7-14H2,(H,19,23)/t15-/m1/s1. The zero-order chi connectivity index (χ0) is 16.8. The van der Waals surface area contributed by atoms with E-state index >= 15 is 0 Å². The van der Waals surface area contributed by atoms with Gasteiger partial charge >= 0.3 is 0 Å². The van der Waals surface area contributed by atoms with Crippen LogP contribution in [0.15, 0.2) is 16.5 Å². The van der Waals surface area contributed by atoms with Gasteiger partial charge in [0, 0.05) is 26.2 Å². The number of carbonyl (C=O) groups is 1. The van der Waals surface area contributed by atoms with Gasteiger partial charge in [-0.3, -0.25) is 9.69 Å². The first-order valence-corrected chi connectivity index (χ1v) is 9.17. The topological polar surface area (TPSA) is 69.0 Å². The van der Waals surface area contributed by atoms with Crippen molar-refractivity contribution in [3.8, 4) is 0 Å². The molecule has 0 aromatic carbocycles. The average Bonchev–Trinajstić information content (AvgIpc) is 3.27. The van der Waals surface area contributed by atoms with Crippen LogP contribution in [0, 0.1) is 5.92 Å². The molecular weight excluding hydrogens is 306 g/mol. The van der Waals surface area contributed by atoms with Crippen molar-refractivity contribution in [2.24, 2.45) is 5.92 Å². The van der Waals surface area contributed by atoms with Crippen LogP contribution in [0.3, 0.4) is 0 Å². The summed E-state index contributed by atoms with van der Waals surface area (Å²) in [7, 11) is 0. The van der Waals surface area contributed by atoms with Crippen molar-refractivity contribution in [1.82, 2.24) is 15.1 Å². The second kappa shape index (κ2) is 8.65. The summed E-state index contributed by atoms with van der Waals surface area (Å²) in [6.07, 6.45) is 4.73. The van der Waals surface area contributed by atoms with Crippen LogP contribution in [-0.2, 0) is 6.54 Å². The maximum Gasteiger partial charge on any atom is 0.287 e. The van der Waals surface area contributed by atoms with E-state index in [4.69, 9.17) is 4.42 Å². The third-order valence-corrected chi connectivity index (χ3v) is 5.04. The molecule has 1 amide bonds. The second-order valence-electron chi connectivity index (χ2n) is 7.00. The number of nitrogens with one attached hydrogen (secondary N) is 1. The van der Waals surface area contributed by atoms with E-state index in [1.165, 1.54) is 12.8 Å². The Balaban J connectivity index is 1.39. The Morgan fingerprint density at radius 3 is 2.79 bits per heavy atom. The highest BCUT2D eigenvalue weighted by Crippen LogP contribution is 2.16. The van der Waals surface area contributed by atoms with Crippen molar-refractivity contribution in [3.63, 3.8) is 0 Å². The predicted molar refractivity (Wildman–Crippen MR) is 91.8 cm³/mol. The summed E-state index contributed by atoms with van der Waals surface area (Å²) in [5.74, 6) is 1.51. The molecule has 2 aliphatic rings. The second-order valence-corrected chi connectivity index (χ2v) is 7.00. The summed E-state index contributed by atoms with van der Waals surface area (Å²) in [5.41, 5.74) is 0. The Hall–Kier alpha value is -1.37. The molecule has 0 aliphatic carbocycles. The highest BCUT2D eigenvalue weighted by molar-refractivity contribution is 5.91. The highest BCUT2D eigenvalue weighted by atomic mass is 16.4. The van der Waals surface area contributed by atoms with Crippen molar-refractivity contribution in [2.75, 3.05) is 45.9 Å². The van der Waals surface area contributed by atoms with Gasteiger partial charge in [-0.2, -0.15) is 0 Å². The van der Waals surface area contributed by atoms with Crippen LogP contribution in [0.1, 0.15) is 42.0 Å². The maximum absolute atomic E-state index is 12.2. The molecule has 2 fully saturated rings. The van der Waals surface area contributed by atoms with E-state index < -0.39 is 0 Å². The van der Waals surface area contributed by atoms with Gasteiger partial charge in [0.15, 0.2) is 5.76 Å². The van der Waals surface area contributed by atoms with Crippen LogP contribution in [0.2, 0.25) is 0 Å². The van der Waals surface area contributed by atoms with E-state index in [-0.39, 0.29) is 12.5 Å². The molecule has 0 unspecified atom stereocenters. The van der Waals surface area contributed by atoms with Gasteiger partial charge in [-0.15, -0.1) is 0 Å². The summed E-state index contributed by atoms with van der Waals surface area (Å²) in [4.78, 5) is 16.8. The molecule has 2 aliphatic heterocycles. The van der Waals surface area contributed by atoms with E-state index in [9.17, 15) is 9.90 Å². The van der Waals surface area contributed by atoms with E-state index in [1.807, 2.05) is 6.07 Å². The number of nitrogens with zero attached hydrogens (tertiary/aromatic N) is 2. The molecule has 134 valence electrons. The van der Waals surface area contributed by atoms with Gasteiger partial charge < -0.3 is 19.7 Å². The Kier molecular flexibility index (Phi) is 6.29. The number of hydrogen-bond donors (Lipinski definition) is 2. The molecule has 1 aromatic rings. The minimum absolute atomic E-state index is 0.140. The number of aliphatic hydroxyl groups excluding tert-OH is 1. The molecule has 1 atom stereocenters. The van der Waals surface area contributed by atoms with Gasteiger partial charge in [0.2, 0.25) is 0 Å². The summed E-state index contributed by atoms with van der Waals surface area (Å²) in [6.45, 7) is 6.70. The number of aliphatic hydroxyl groups is 1. The van der Waals surface area contributed by atoms with Crippen molar-refractivity contribution < 1.29 is 14.3 Å². The summed E-state index contributed by atoms with van der Waals surface area (Å²) in [5, 5.41) is 12.2. The van der Waals surface area contributed by atoms with Crippen LogP contribution in [0.5, 0.6) is 0 Å². The van der Waals surface area contributed by atoms with E-state index in [1.54, 1.807) is 6.07 Å². The molecule has 0 radical (unpaired) electrons. The third-order valence-electron chi connectivity index (χ3n) is 5.04. The fraction of sp³-hybridized carbons (Fsp3) is 0.722. The molecule has 0 saturated carbocycles. The van der Waals surface area contributed by atoms with Gasteiger partial charge in [-0.25, -0.2) is 0 Å². The molecule has 0 bridgehead atoms. The van der Waals surface area contributed by atoms with Crippen molar-refractivity contribution in [3.05, 3.63) is 23.7 Å². The Morgan fingerprint density at radius 2 is 2.00 bits per heavy atom. The minimum Gasteiger partial charge on any atom is -0.455 e. The third kappa shape index (κ3) is 4.82. The molecule has 2 saturated heterocycles. The number of hydrogen-bond acceptors (Lipinski definition) is 5. The molecular formula is C18H29N3O3. The van der Waals surface area contributed by atoms with Crippen molar-refractivity contribution in [2.45, 2.75) is 32.2 Å². The van der Waals surface area contributed by atoms with Gasteiger partial charge in [-0.1, -0.05) is 0 Å². The van der Waals surface area contributed by atoms with Crippen molar-refractivity contribution >= 4 is 5.91 Å². The summed E-state index contributed by atoms with van der Waals surface area (Å²) in [6, 6.07) is 3.67. The predicted octanol–water partition coefficient (Wildman–Crippen LogP) is 1.31. The fourth-order valence-electron chi connectivity index (χ4n) is 3.66. The lowest BCUT2D eigenvalue weighted by Gasteiger charge is -2.31. The number of carbonyl (C=O) groups excluding carboxylic acids is 1. The molecule has 3 heterocycles. The molecule has 6 nitrogen and oxygen atoms in total. The normalized spacial score (nSPS) is 22.8. The lowest BCUT2D eigenvalue weighted by Crippen LogP contribution is -2.41. The SMILES string of the molecule is O=C(NCCN1CCC[C@@H](CO)C1)c1ccc(CN2CCCC2)o1. The molecule has 0 spiro atoms. The Morgan fingerprint density at radius 1 is 1.21 bits per heavy atom. The molecule has 6 heteroatoms. The Bertz CT molecular complexity index is 525. The lowest BCUT2D eigenvalue weighted by atomic mass is 9.99. The number of piperidine rings is 1. The van der Waals surface area contributed by atoms with Crippen LogP contribution in [-0.4, -0.2) is 66.7 Å². The largest absolute Gasteiger partial charge is 0.455 e. The lowest BCUT2D eigenvalue weighted by molar-refractivity contribution is 0.0901. The van der Waals surface area contributed by atoms with Crippen LogP contribution in [0.25, 0.3) is 0 Å². The minimum atomic E-state index is -0.140. The highest BCUT2D eigenvalue weighted by Gasteiger charge is 2.19.